The van der Waals surface area contributed by atoms with E-state index in [1.165, 1.54) is 12.8 Å². The normalized spacial score (nSPS) is 33.2. The smallest absolute Gasteiger partial charge is 0.0599 e. The molecule has 3 unspecified atom stereocenters. The summed E-state index contributed by atoms with van der Waals surface area (Å²) in [6.45, 7) is 6.33. The summed E-state index contributed by atoms with van der Waals surface area (Å²) in [5.74, 6) is 0.747. The monoisotopic (exact) mass is 186 g/mol. The van der Waals surface area contributed by atoms with Crippen molar-refractivity contribution in [3.05, 3.63) is 0 Å². The van der Waals surface area contributed by atoms with Crippen LogP contribution in [0.5, 0.6) is 0 Å². The van der Waals surface area contributed by atoms with Crippen molar-refractivity contribution in [2.45, 2.75) is 38.8 Å². The number of hydrogen-bond acceptors (Lipinski definition) is 3. The van der Waals surface area contributed by atoms with Gasteiger partial charge in [0.1, 0.15) is 0 Å². The third-order valence-electron chi connectivity index (χ3n) is 3.12. The first-order valence-corrected chi connectivity index (χ1v) is 5.25. The number of likely N-dealkylation sites (tertiary alicyclic amines) is 1. The molecule has 13 heavy (non-hydrogen) atoms. The molecule has 0 aromatic heterocycles. The molecule has 0 aliphatic carbocycles. The second-order valence-corrected chi connectivity index (χ2v) is 4.30. The van der Waals surface area contributed by atoms with E-state index >= 15 is 0 Å². The Kier molecular flexibility index (Phi) is 4.16. The van der Waals surface area contributed by atoms with Crippen molar-refractivity contribution in [2.24, 2.45) is 11.7 Å². The van der Waals surface area contributed by atoms with Crippen molar-refractivity contribution >= 4 is 0 Å². The minimum absolute atomic E-state index is 0.165. The molecule has 3 heteroatoms. The highest BCUT2D eigenvalue weighted by atomic mass is 16.3. The van der Waals surface area contributed by atoms with Crippen molar-refractivity contribution in [3.63, 3.8) is 0 Å². The molecular weight excluding hydrogens is 164 g/mol. The maximum atomic E-state index is 9.16. The van der Waals surface area contributed by atoms with Gasteiger partial charge in [-0.3, -0.25) is 4.90 Å². The molecule has 1 saturated heterocycles. The predicted octanol–water partition coefficient (Wildman–Crippen LogP) is 0.426. The largest absolute Gasteiger partial charge is 0.395 e. The van der Waals surface area contributed by atoms with Gasteiger partial charge >= 0.3 is 0 Å². The van der Waals surface area contributed by atoms with E-state index in [1.54, 1.807) is 0 Å². The molecule has 1 aliphatic heterocycles. The highest BCUT2D eigenvalue weighted by molar-refractivity contribution is 4.82. The Morgan fingerprint density at radius 3 is 2.69 bits per heavy atom. The van der Waals surface area contributed by atoms with Gasteiger partial charge in [-0.1, -0.05) is 6.92 Å². The summed E-state index contributed by atoms with van der Waals surface area (Å²) in [5.41, 5.74) is 5.62. The first kappa shape index (κ1) is 11.0. The number of aliphatic hydroxyl groups is 1. The highest BCUT2D eigenvalue weighted by Gasteiger charge is 2.27. The highest BCUT2D eigenvalue weighted by Crippen LogP contribution is 2.22. The van der Waals surface area contributed by atoms with Crippen LogP contribution in [0.3, 0.4) is 0 Å². The summed E-state index contributed by atoms with van der Waals surface area (Å²) < 4.78 is 0. The number of nitrogens with two attached hydrogens (primary N) is 1. The summed E-state index contributed by atoms with van der Waals surface area (Å²) in [6.07, 6.45) is 2.54. The minimum atomic E-state index is 0.165. The molecular formula is C10H22N2O. The van der Waals surface area contributed by atoms with Crippen LogP contribution in [0.15, 0.2) is 0 Å². The van der Waals surface area contributed by atoms with Crippen molar-refractivity contribution in [1.82, 2.24) is 4.90 Å². The summed E-state index contributed by atoms with van der Waals surface area (Å²) in [7, 11) is 0. The Bertz CT molecular complexity index is 148. The third-order valence-corrected chi connectivity index (χ3v) is 3.12. The first-order valence-electron chi connectivity index (χ1n) is 5.25. The second kappa shape index (κ2) is 4.94. The van der Waals surface area contributed by atoms with Crippen LogP contribution >= 0.6 is 0 Å². The molecule has 3 nitrogen and oxygen atoms in total. The molecule has 78 valence electrons. The van der Waals surface area contributed by atoms with Crippen molar-refractivity contribution in [3.8, 4) is 0 Å². The van der Waals surface area contributed by atoms with E-state index in [0.29, 0.717) is 12.6 Å². The Hall–Kier alpha value is -0.120. The lowest BCUT2D eigenvalue weighted by Crippen LogP contribution is -2.51. The van der Waals surface area contributed by atoms with Gasteiger partial charge in [-0.2, -0.15) is 0 Å². The van der Waals surface area contributed by atoms with Gasteiger partial charge < -0.3 is 10.8 Å². The average molecular weight is 186 g/mol. The fraction of sp³-hybridized carbons (Fsp3) is 1.00. The van der Waals surface area contributed by atoms with E-state index < -0.39 is 0 Å². The van der Waals surface area contributed by atoms with E-state index in [0.717, 1.165) is 12.5 Å². The lowest BCUT2D eigenvalue weighted by molar-refractivity contribution is 0.0488. The van der Waals surface area contributed by atoms with Crippen LogP contribution < -0.4 is 5.73 Å². The summed E-state index contributed by atoms with van der Waals surface area (Å²) in [4.78, 5) is 2.36. The molecule has 3 atom stereocenters. The van der Waals surface area contributed by atoms with Crippen molar-refractivity contribution in [1.29, 1.82) is 0 Å². The SMILES string of the molecule is CC1CCC(C)N(C(CN)CO)C1. The van der Waals surface area contributed by atoms with Gasteiger partial charge in [0.2, 0.25) is 0 Å². The van der Waals surface area contributed by atoms with Crippen LogP contribution in [-0.2, 0) is 0 Å². The van der Waals surface area contributed by atoms with Crippen LogP contribution in [0.1, 0.15) is 26.7 Å². The van der Waals surface area contributed by atoms with Crippen LogP contribution in [-0.4, -0.2) is 41.8 Å². The number of nitrogens with zero attached hydrogens (tertiary/aromatic N) is 1. The van der Waals surface area contributed by atoms with Crippen molar-refractivity contribution in [2.75, 3.05) is 19.7 Å². The molecule has 0 amide bonds. The number of rotatable bonds is 3. The van der Waals surface area contributed by atoms with Gasteiger partial charge in [0.25, 0.3) is 0 Å². The first-order chi connectivity index (χ1) is 6.19. The lowest BCUT2D eigenvalue weighted by Gasteiger charge is -2.41. The Morgan fingerprint density at radius 2 is 2.15 bits per heavy atom. The molecule has 0 saturated carbocycles. The quantitative estimate of drug-likeness (QED) is 0.672. The molecule has 0 bridgehead atoms. The van der Waals surface area contributed by atoms with Gasteiger partial charge in [0, 0.05) is 25.2 Å². The maximum Gasteiger partial charge on any atom is 0.0599 e. The predicted molar refractivity (Wildman–Crippen MR) is 54.5 cm³/mol. The fourth-order valence-electron chi connectivity index (χ4n) is 2.15. The number of hydrogen-bond donors (Lipinski definition) is 2. The van der Waals surface area contributed by atoms with Gasteiger partial charge in [0.15, 0.2) is 0 Å². The van der Waals surface area contributed by atoms with Crippen LogP contribution in [0.2, 0.25) is 0 Å². The Labute approximate surface area is 80.9 Å². The van der Waals surface area contributed by atoms with E-state index in [-0.39, 0.29) is 12.6 Å². The van der Waals surface area contributed by atoms with Crippen LogP contribution in [0.4, 0.5) is 0 Å². The summed E-state index contributed by atoms with van der Waals surface area (Å²) in [6, 6.07) is 0.745. The van der Waals surface area contributed by atoms with Gasteiger partial charge in [0.05, 0.1) is 6.61 Å². The zero-order valence-electron chi connectivity index (χ0n) is 8.74. The molecule has 0 radical (unpaired) electrons. The third kappa shape index (κ3) is 2.66. The minimum Gasteiger partial charge on any atom is -0.395 e. The van der Waals surface area contributed by atoms with Gasteiger partial charge in [-0.05, 0) is 25.7 Å². The molecule has 0 aromatic carbocycles. The van der Waals surface area contributed by atoms with E-state index in [4.69, 9.17) is 10.8 Å². The summed E-state index contributed by atoms with van der Waals surface area (Å²) in [5, 5.41) is 9.16. The van der Waals surface area contributed by atoms with E-state index in [1.807, 2.05) is 0 Å². The Balaban J connectivity index is 2.53. The van der Waals surface area contributed by atoms with Gasteiger partial charge in [-0.25, -0.2) is 0 Å². The number of aliphatic hydroxyl groups excluding tert-OH is 1. The average Bonchev–Trinajstić information content (AvgIpc) is 2.13. The lowest BCUT2D eigenvalue weighted by atomic mass is 9.93. The molecule has 0 spiro atoms. The van der Waals surface area contributed by atoms with Gasteiger partial charge in [-0.15, -0.1) is 0 Å². The van der Waals surface area contributed by atoms with E-state index in [2.05, 4.69) is 18.7 Å². The second-order valence-electron chi connectivity index (χ2n) is 4.30. The summed E-state index contributed by atoms with van der Waals surface area (Å²) >= 11 is 0. The zero-order valence-corrected chi connectivity index (χ0v) is 8.74. The topological polar surface area (TPSA) is 49.5 Å². The number of piperidine rings is 1. The molecule has 1 rings (SSSR count). The molecule has 1 fully saturated rings. The fourth-order valence-corrected chi connectivity index (χ4v) is 2.15. The van der Waals surface area contributed by atoms with Crippen molar-refractivity contribution < 1.29 is 5.11 Å². The molecule has 1 aliphatic rings. The zero-order chi connectivity index (χ0) is 9.84. The van der Waals surface area contributed by atoms with Crippen LogP contribution in [0.25, 0.3) is 0 Å². The molecule has 1 heterocycles. The maximum absolute atomic E-state index is 9.16. The standard InChI is InChI=1S/C10H22N2O/c1-8-3-4-9(2)12(6-8)10(5-11)7-13/h8-10,13H,3-7,11H2,1-2H3. The van der Waals surface area contributed by atoms with E-state index in [9.17, 15) is 0 Å². The molecule has 3 N–H and O–H groups in total. The van der Waals surface area contributed by atoms with Crippen LogP contribution in [0, 0.1) is 5.92 Å². The Morgan fingerprint density at radius 1 is 1.46 bits per heavy atom. The molecule has 0 aromatic rings.